The van der Waals surface area contributed by atoms with Crippen LogP contribution >= 0.6 is 0 Å². The molecule has 1 rings (SSSR count). The maximum atomic E-state index is 11.5. The summed E-state index contributed by atoms with van der Waals surface area (Å²) < 4.78 is 25.5. The Morgan fingerprint density at radius 2 is 2.06 bits per heavy atom. The van der Waals surface area contributed by atoms with Crippen LogP contribution in [0.25, 0.3) is 0 Å². The van der Waals surface area contributed by atoms with E-state index in [-0.39, 0.29) is 5.75 Å². The fourth-order valence-electron chi connectivity index (χ4n) is 1.28. The highest BCUT2D eigenvalue weighted by atomic mass is 32.2. The second kappa shape index (κ2) is 5.07. The van der Waals surface area contributed by atoms with Crippen molar-refractivity contribution < 1.29 is 13.6 Å². The average molecular weight is 243 g/mol. The molecule has 1 aromatic rings. The van der Waals surface area contributed by atoms with Gasteiger partial charge in [-0.1, -0.05) is 13.0 Å². The van der Waals surface area contributed by atoms with Crippen LogP contribution in [-0.4, -0.2) is 14.2 Å². The molecule has 1 aromatic carbocycles. The Bertz CT molecular complexity index is 483. The molecule has 0 atom stereocenters. The highest BCUT2D eigenvalue weighted by Crippen LogP contribution is 2.18. The van der Waals surface area contributed by atoms with E-state index in [0.29, 0.717) is 17.8 Å². The number of anilines is 1. The Hall–Kier alpha value is -1.43. The van der Waals surface area contributed by atoms with Crippen LogP contribution in [0.1, 0.15) is 18.9 Å². The second-order valence-corrected chi connectivity index (χ2v) is 5.39. The summed E-state index contributed by atoms with van der Waals surface area (Å²) in [5.41, 5.74) is 1.55. The normalized spacial score (nSPS) is 11.1. The first-order valence-corrected chi connectivity index (χ1v) is 6.63. The maximum absolute atomic E-state index is 11.5. The molecule has 0 amide bonds. The standard InChI is InChI=1S/C10H14N2O3S/c1-3-6-16(14,15)12-10-7-9(11-13)5-4-8(10)2/h4-5,7,12H,3,6H2,1-2H3/p+1. The van der Waals surface area contributed by atoms with E-state index in [9.17, 15) is 13.3 Å². The van der Waals surface area contributed by atoms with Crippen LogP contribution in [0.3, 0.4) is 0 Å². The van der Waals surface area contributed by atoms with Crippen molar-refractivity contribution in [1.82, 2.24) is 0 Å². The minimum atomic E-state index is -3.31. The monoisotopic (exact) mass is 243 g/mol. The molecule has 6 heteroatoms. The van der Waals surface area contributed by atoms with Gasteiger partial charge in [-0.15, -0.1) is 0 Å². The molecule has 88 valence electrons. The lowest BCUT2D eigenvalue weighted by molar-refractivity contribution is -0.379. The van der Waals surface area contributed by atoms with Gasteiger partial charge in [-0.2, -0.15) is 0 Å². The molecule has 0 bridgehead atoms. The van der Waals surface area contributed by atoms with Gasteiger partial charge in [-0.25, -0.2) is 8.42 Å². The van der Waals surface area contributed by atoms with Crippen molar-refractivity contribution in [2.75, 3.05) is 10.5 Å². The van der Waals surface area contributed by atoms with Crippen LogP contribution in [0.4, 0.5) is 11.4 Å². The van der Waals surface area contributed by atoms with E-state index in [0.717, 1.165) is 5.56 Å². The first-order valence-electron chi connectivity index (χ1n) is 4.98. The van der Waals surface area contributed by atoms with E-state index < -0.39 is 10.0 Å². The molecule has 0 fully saturated rings. The van der Waals surface area contributed by atoms with Crippen LogP contribution in [0.15, 0.2) is 18.2 Å². The molecule has 0 aliphatic rings. The van der Waals surface area contributed by atoms with Gasteiger partial charge in [0.2, 0.25) is 10.0 Å². The molecule has 0 saturated carbocycles. The fraction of sp³-hybridized carbons (Fsp3) is 0.400. The van der Waals surface area contributed by atoms with Crippen molar-refractivity contribution in [2.24, 2.45) is 0 Å². The number of hydrogen-bond donors (Lipinski definition) is 2. The zero-order valence-corrected chi connectivity index (χ0v) is 10.1. The third-order valence-corrected chi connectivity index (χ3v) is 3.57. The molecule has 0 aliphatic carbocycles. The summed E-state index contributed by atoms with van der Waals surface area (Å²) in [5.74, 6) is 0.0709. The van der Waals surface area contributed by atoms with E-state index in [1.807, 2.05) is 0 Å². The van der Waals surface area contributed by atoms with Crippen molar-refractivity contribution in [3.63, 3.8) is 0 Å². The van der Waals surface area contributed by atoms with E-state index in [1.165, 1.54) is 6.07 Å². The molecule has 0 radical (unpaired) electrons. The van der Waals surface area contributed by atoms with Gasteiger partial charge in [0.05, 0.1) is 11.4 Å². The molecule has 2 N–H and O–H groups in total. The minimum Gasteiger partial charge on any atom is -0.283 e. The Morgan fingerprint density at radius 1 is 1.38 bits per heavy atom. The second-order valence-electron chi connectivity index (χ2n) is 3.55. The number of nitrogens with one attached hydrogen (secondary N) is 2. The van der Waals surface area contributed by atoms with E-state index in [1.54, 1.807) is 31.2 Å². The van der Waals surface area contributed by atoms with Crippen molar-refractivity contribution in [3.05, 3.63) is 28.7 Å². The maximum Gasteiger partial charge on any atom is 0.255 e. The molecule has 0 saturated heterocycles. The zero-order valence-electron chi connectivity index (χ0n) is 9.28. The van der Waals surface area contributed by atoms with Crippen LogP contribution in [0.2, 0.25) is 0 Å². The Kier molecular flexibility index (Phi) is 4.00. The van der Waals surface area contributed by atoms with Gasteiger partial charge < -0.3 is 0 Å². The van der Waals surface area contributed by atoms with Crippen LogP contribution in [-0.2, 0) is 10.0 Å². The van der Waals surface area contributed by atoms with E-state index >= 15 is 0 Å². The van der Waals surface area contributed by atoms with Crippen LogP contribution in [0, 0.1) is 11.8 Å². The SMILES string of the molecule is CCCS(=O)(=O)Nc1cc([NH+]=O)ccc1C. The predicted molar refractivity (Wildman–Crippen MR) is 62.9 cm³/mol. The molecular weight excluding hydrogens is 228 g/mol. The summed E-state index contributed by atoms with van der Waals surface area (Å²) in [4.78, 5) is 10.5. The predicted octanol–water partition coefficient (Wildman–Crippen LogP) is 0.625. The van der Waals surface area contributed by atoms with E-state index in [4.69, 9.17) is 0 Å². The van der Waals surface area contributed by atoms with Crippen LogP contribution in [0.5, 0.6) is 0 Å². The first-order chi connectivity index (χ1) is 7.48. The molecule has 0 spiro atoms. The Labute approximate surface area is 94.9 Å². The number of aryl methyl sites for hydroxylation is 1. The summed E-state index contributed by atoms with van der Waals surface area (Å²) in [7, 11) is -3.31. The number of hydrogen-bond acceptors (Lipinski definition) is 3. The third kappa shape index (κ3) is 3.30. The molecule has 0 unspecified atom stereocenters. The lowest BCUT2D eigenvalue weighted by Gasteiger charge is -2.08. The molecule has 0 aliphatic heterocycles. The van der Waals surface area contributed by atoms with Gasteiger partial charge in [-0.05, 0) is 18.9 Å². The Morgan fingerprint density at radius 3 is 2.62 bits per heavy atom. The van der Waals surface area contributed by atoms with Gasteiger partial charge in [0, 0.05) is 22.2 Å². The summed E-state index contributed by atoms with van der Waals surface area (Å²) in [6.07, 6.45) is 0.549. The van der Waals surface area contributed by atoms with E-state index in [2.05, 4.69) is 4.72 Å². The summed E-state index contributed by atoms with van der Waals surface area (Å²) in [6.45, 7) is 3.57. The highest BCUT2D eigenvalue weighted by Gasteiger charge is 2.12. The van der Waals surface area contributed by atoms with Crippen molar-refractivity contribution >= 4 is 21.4 Å². The first kappa shape index (κ1) is 12.6. The average Bonchev–Trinajstić information content (AvgIpc) is 2.21. The zero-order chi connectivity index (χ0) is 12.2. The van der Waals surface area contributed by atoms with Gasteiger partial charge in [0.1, 0.15) is 0 Å². The molecule has 0 aromatic heterocycles. The van der Waals surface area contributed by atoms with Crippen LogP contribution < -0.4 is 9.90 Å². The van der Waals surface area contributed by atoms with Gasteiger partial charge >= 0.3 is 0 Å². The summed E-state index contributed by atoms with van der Waals surface area (Å²) >= 11 is 0. The number of nitroso groups, excluding NO2 is 1. The number of rotatable bonds is 5. The number of benzene rings is 1. The lowest BCUT2D eigenvalue weighted by atomic mass is 10.2. The molecule has 16 heavy (non-hydrogen) atoms. The minimum absolute atomic E-state index is 0.0709. The summed E-state index contributed by atoms with van der Waals surface area (Å²) in [6, 6.07) is 4.76. The number of sulfonamides is 1. The topological polar surface area (TPSA) is 77.2 Å². The van der Waals surface area contributed by atoms with Gasteiger partial charge in [0.25, 0.3) is 5.69 Å². The lowest BCUT2D eigenvalue weighted by Crippen LogP contribution is -2.55. The third-order valence-electron chi connectivity index (χ3n) is 2.09. The van der Waals surface area contributed by atoms with Crippen molar-refractivity contribution in [3.8, 4) is 0 Å². The van der Waals surface area contributed by atoms with Gasteiger partial charge in [0.15, 0.2) is 0 Å². The summed E-state index contributed by atoms with van der Waals surface area (Å²) in [5, 5.41) is 1.73. The molecule has 0 heterocycles. The van der Waals surface area contributed by atoms with Crippen molar-refractivity contribution in [1.29, 1.82) is 0 Å². The smallest absolute Gasteiger partial charge is 0.255 e. The molecular formula is C10H15N2O3S+. The van der Waals surface area contributed by atoms with Crippen molar-refractivity contribution in [2.45, 2.75) is 20.3 Å². The Balaban J connectivity index is 3.00. The largest absolute Gasteiger partial charge is 0.283 e. The quantitative estimate of drug-likeness (QED) is 0.796. The molecule has 5 nitrogen and oxygen atoms in total. The van der Waals surface area contributed by atoms with Gasteiger partial charge in [-0.3, -0.25) is 4.72 Å². The highest BCUT2D eigenvalue weighted by molar-refractivity contribution is 7.92. The fourth-order valence-corrected chi connectivity index (χ4v) is 2.48.